The Kier molecular flexibility index (Phi) is 4.43. The van der Waals surface area contributed by atoms with Crippen LogP contribution in [-0.2, 0) is 19.4 Å². The molecule has 0 atom stereocenters. The van der Waals surface area contributed by atoms with E-state index in [1.165, 1.54) is 26.8 Å². The van der Waals surface area contributed by atoms with Crippen molar-refractivity contribution >= 4 is 21.6 Å². The molecule has 0 unspecified atom stereocenters. The average Bonchev–Trinajstić information content (AvgIpc) is 3.13. The number of fused-ring (bicyclic) bond motifs is 3. The number of hydrogen-bond acceptors (Lipinski definition) is 3. The highest BCUT2D eigenvalue weighted by atomic mass is 32.1. The minimum absolute atomic E-state index is 0.0918. The summed E-state index contributed by atoms with van der Waals surface area (Å²) in [5, 5.41) is 0.615. The van der Waals surface area contributed by atoms with E-state index in [9.17, 15) is 14.0 Å². The van der Waals surface area contributed by atoms with E-state index in [-0.39, 0.29) is 17.9 Å². The van der Waals surface area contributed by atoms with Crippen LogP contribution in [0.4, 0.5) is 4.39 Å². The van der Waals surface area contributed by atoms with E-state index in [1.807, 2.05) is 6.07 Å². The van der Waals surface area contributed by atoms with Crippen molar-refractivity contribution in [3.05, 3.63) is 97.3 Å². The summed E-state index contributed by atoms with van der Waals surface area (Å²) in [4.78, 5) is 28.7. The number of benzene rings is 2. The molecule has 4 aromatic rings. The lowest BCUT2D eigenvalue weighted by Gasteiger charge is -2.14. The maximum absolute atomic E-state index is 14.4. The van der Waals surface area contributed by atoms with E-state index in [2.05, 4.69) is 0 Å². The predicted octanol–water partition coefficient (Wildman–Crippen LogP) is 4.28. The molecule has 1 aliphatic carbocycles. The van der Waals surface area contributed by atoms with Gasteiger partial charge in [0, 0.05) is 10.4 Å². The lowest BCUT2D eigenvalue weighted by molar-refractivity contribution is 0.595. The first kappa shape index (κ1) is 18.1. The third-order valence-electron chi connectivity index (χ3n) is 5.54. The standard InChI is InChI=1S/C23H19FN2O2S/c24-18-12-6-4-8-15(18)14-25-22-20(17-11-5-7-13-19(17)29-22)21(27)26(23(25)28)16-9-2-1-3-10-16/h1-4,6,8-10,12H,5,7,11,13-14H2. The van der Waals surface area contributed by atoms with Gasteiger partial charge < -0.3 is 0 Å². The van der Waals surface area contributed by atoms with E-state index in [4.69, 9.17) is 0 Å². The van der Waals surface area contributed by atoms with Gasteiger partial charge in [-0.1, -0.05) is 36.4 Å². The van der Waals surface area contributed by atoms with Gasteiger partial charge in [0.2, 0.25) is 0 Å². The molecule has 29 heavy (non-hydrogen) atoms. The number of thiophene rings is 1. The Bertz CT molecular complexity index is 1330. The molecule has 146 valence electrons. The van der Waals surface area contributed by atoms with Crippen molar-refractivity contribution in [2.75, 3.05) is 0 Å². The van der Waals surface area contributed by atoms with E-state index < -0.39 is 5.69 Å². The van der Waals surface area contributed by atoms with E-state index in [1.54, 1.807) is 47.0 Å². The van der Waals surface area contributed by atoms with E-state index in [0.717, 1.165) is 31.2 Å². The van der Waals surface area contributed by atoms with Gasteiger partial charge in [0.05, 0.1) is 17.6 Å². The zero-order valence-electron chi connectivity index (χ0n) is 15.7. The molecule has 0 fully saturated rings. The Morgan fingerprint density at radius 1 is 0.931 bits per heavy atom. The summed E-state index contributed by atoms with van der Waals surface area (Å²) in [6, 6.07) is 15.4. The minimum atomic E-state index is -0.435. The minimum Gasteiger partial charge on any atom is -0.279 e. The smallest absolute Gasteiger partial charge is 0.279 e. The lowest BCUT2D eigenvalue weighted by Crippen LogP contribution is -2.39. The number of rotatable bonds is 3. The van der Waals surface area contributed by atoms with Gasteiger partial charge in [0.1, 0.15) is 10.6 Å². The molecule has 0 N–H and O–H groups in total. The lowest BCUT2D eigenvalue weighted by atomic mass is 9.97. The van der Waals surface area contributed by atoms with Crippen LogP contribution >= 0.6 is 11.3 Å². The summed E-state index contributed by atoms with van der Waals surface area (Å²) in [7, 11) is 0. The fraction of sp³-hybridized carbons (Fsp3) is 0.217. The van der Waals surface area contributed by atoms with Crippen molar-refractivity contribution in [2.45, 2.75) is 32.2 Å². The Hall–Kier alpha value is -2.99. The number of hydrogen-bond donors (Lipinski definition) is 0. The molecule has 1 aliphatic rings. The van der Waals surface area contributed by atoms with Crippen LogP contribution in [0.2, 0.25) is 0 Å². The van der Waals surface area contributed by atoms with E-state index >= 15 is 0 Å². The second-order valence-corrected chi connectivity index (χ2v) is 8.41. The van der Waals surface area contributed by atoms with E-state index in [0.29, 0.717) is 21.5 Å². The summed E-state index contributed by atoms with van der Waals surface area (Å²) < 4.78 is 17.1. The Labute approximate surface area is 170 Å². The highest BCUT2D eigenvalue weighted by Gasteiger charge is 2.24. The third kappa shape index (κ3) is 2.95. The normalized spacial score (nSPS) is 13.6. The average molecular weight is 406 g/mol. The van der Waals surface area contributed by atoms with Gasteiger partial charge in [-0.15, -0.1) is 11.3 Å². The van der Waals surface area contributed by atoms with Crippen molar-refractivity contribution in [1.29, 1.82) is 0 Å². The van der Waals surface area contributed by atoms with Crippen LogP contribution < -0.4 is 11.2 Å². The van der Waals surface area contributed by atoms with Crippen LogP contribution in [0, 0.1) is 5.82 Å². The first-order valence-electron chi connectivity index (χ1n) is 9.74. The fourth-order valence-corrected chi connectivity index (χ4v) is 5.48. The topological polar surface area (TPSA) is 44.0 Å². The summed E-state index contributed by atoms with van der Waals surface area (Å²) in [5.74, 6) is -0.355. The maximum atomic E-state index is 14.4. The zero-order valence-corrected chi connectivity index (χ0v) is 16.5. The summed E-state index contributed by atoms with van der Waals surface area (Å²) in [5.41, 5.74) is 1.31. The monoisotopic (exact) mass is 406 g/mol. The summed E-state index contributed by atoms with van der Waals surface area (Å²) in [6.45, 7) is 0.0918. The highest BCUT2D eigenvalue weighted by molar-refractivity contribution is 7.18. The number of halogens is 1. The van der Waals surface area contributed by atoms with Crippen LogP contribution in [0.5, 0.6) is 0 Å². The van der Waals surface area contributed by atoms with Gasteiger partial charge in [0.25, 0.3) is 5.56 Å². The molecular formula is C23H19FN2O2S. The van der Waals surface area contributed by atoms with Gasteiger partial charge in [-0.3, -0.25) is 9.36 Å². The first-order chi connectivity index (χ1) is 14.1. The predicted molar refractivity (Wildman–Crippen MR) is 114 cm³/mol. The number of para-hydroxylation sites is 1. The molecule has 2 heterocycles. The summed E-state index contributed by atoms with van der Waals surface area (Å²) in [6.07, 6.45) is 3.89. The van der Waals surface area contributed by atoms with Gasteiger partial charge in [-0.25, -0.2) is 13.8 Å². The van der Waals surface area contributed by atoms with Crippen LogP contribution in [0.15, 0.2) is 64.2 Å². The van der Waals surface area contributed by atoms with Crippen LogP contribution in [-0.4, -0.2) is 9.13 Å². The third-order valence-corrected chi connectivity index (χ3v) is 6.85. The van der Waals surface area contributed by atoms with Gasteiger partial charge in [-0.2, -0.15) is 0 Å². The summed E-state index contributed by atoms with van der Waals surface area (Å²) >= 11 is 1.51. The fourth-order valence-electron chi connectivity index (χ4n) is 4.11. The molecule has 0 amide bonds. The van der Waals surface area contributed by atoms with Crippen LogP contribution in [0.1, 0.15) is 28.8 Å². The van der Waals surface area contributed by atoms with Crippen molar-refractivity contribution in [3.8, 4) is 5.69 Å². The van der Waals surface area contributed by atoms with Crippen molar-refractivity contribution in [2.24, 2.45) is 0 Å². The van der Waals surface area contributed by atoms with Gasteiger partial charge in [-0.05, 0) is 49.4 Å². The first-order valence-corrected chi connectivity index (χ1v) is 10.6. The van der Waals surface area contributed by atoms with Crippen LogP contribution in [0.25, 0.3) is 15.9 Å². The highest BCUT2D eigenvalue weighted by Crippen LogP contribution is 2.34. The molecule has 5 rings (SSSR count). The second-order valence-electron chi connectivity index (χ2n) is 7.33. The van der Waals surface area contributed by atoms with Crippen molar-refractivity contribution in [1.82, 2.24) is 9.13 Å². The largest absolute Gasteiger partial charge is 0.337 e. The molecule has 6 heteroatoms. The molecule has 0 saturated carbocycles. The Balaban J connectivity index is 1.86. The second kappa shape index (κ2) is 7.12. The quantitative estimate of drug-likeness (QED) is 0.510. The maximum Gasteiger partial charge on any atom is 0.337 e. The SMILES string of the molecule is O=c1c2c3c(sc2n(Cc2ccccc2F)c(=O)n1-c1ccccc1)CCCC3. The molecule has 4 nitrogen and oxygen atoms in total. The van der Waals surface area contributed by atoms with Crippen molar-refractivity contribution < 1.29 is 4.39 Å². The molecule has 0 aliphatic heterocycles. The molecular weight excluding hydrogens is 387 g/mol. The van der Waals surface area contributed by atoms with Crippen LogP contribution in [0.3, 0.4) is 0 Å². The van der Waals surface area contributed by atoms with Gasteiger partial charge >= 0.3 is 5.69 Å². The Morgan fingerprint density at radius 2 is 1.66 bits per heavy atom. The van der Waals surface area contributed by atoms with Gasteiger partial charge in [0.15, 0.2) is 0 Å². The number of aromatic nitrogens is 2. The zero-order chi connectivity index (χ0) is 20.0. The number of nitrogens with zero attached hydrogens (tertiary/aromatic N) is 2. The Morgan fingerprint density at radius 3 is 2.45 bits per heavy atom. The molecule has 2 aromatic carbocycles. The molecule has 0 saturated heterocycles. The molecule has 2 aromatic heterocycles. The molecule has 0 radical (unpaired) electrons. The van der Waals surface area contributed by atoms with Crippen molar-refractivity contribution in [3.63, 3.8) is 0 Å². The number of aryl methyl sites for hydroxylation is 2. The molecule has 0 bridgehead atoms. The molecule has 0 spiro atoms.